The fraction of sp³-hybridized carbons (Fsp3) is 0.0667. The second kappa shape index (κ2) is 6.66. The predicted molar refractivity (Wildman–Crippen MR) is 88.2 cm³/mol. The van der Waals surface area contributed by atoms with Gasteiger partial charge in [-0.25, -0.2) is 9.18 Å². The Labute approximate surface area is 134 Å². The summed E-state index contributed by atoms with van der Waals surface area (Å²) in [7, 11) is 0. The molecule has 0 saturated heterocycles. The van der Waals surface area contributed by atoms with E-state index < -0.39 is 6.03 Å². The van der Waals surface area contributed by atoms with Gasteiger partial charge in [0.05, 0.1) is 5.69 Å². The van der Waals surface area contributed by atoms with E-state index >= 15 is 0 Å². The molecule has 108 valence electrons. The molecule has 2 aromatic carbocycles. The minimum Gasteiger partial charge on any atom is -0.308 e. The number of ketones is 1. The number of carbonyl (C=O) groups is 2. The van der Waals surface area contributed by atoms with Gasteiger partial charge in [0.2, 0.25) is 0 Å². The number of hydrogen-bond donors (Lipinski definition) is 2. The van der Waals surface area contributed by atoms with Crippen LogP contribution in [0.15, 0.2) is 42.5 Å². The third-order valence-corrected chi connectivity index (χ3v) is 3.60. The van der Waals surface area contributed by atoms with Crippen LogP contribution in [0.4, 0.5) is 20.6 Å². The van der Waals surface area contributed by atoms with Crippen LogP contribution in [-0.2, 0) is 0 Å². The zero-order valence-electron chi connectivity index (χ0n) is 11.1. The molecule has 0 aliphatic rings. The van der Waals surface area contributed by atoms with Gasteiger partial charge in [-0.3, -0.25) is 4.79 Å². The zero-order valence-corrected chi connectivity index (χ0v) is 13.3. The molecule has 0 unspecified atom stereocenters. The molecule has 2 aromatic rings. The Balaban J connectivity index is 2.08. The van der Waals surface area contributed by atoms with Crippen molar-refractivity contribution in [3.63, 3.8) is 0 Å². The maximum Gasteiger partial charge on any atom is 0.323 e. The molecule has 0 aliphatic carbocycles. The van der Waals surface area contributed by atoms with Crippen LogP contribution in [0.2, 0.25) is 0 Å². The summed E-state index contributed by atoms with van der Waals surface area (Å²) in [5.41, 5.74) is 1.54. The molecule has 0 radical (unpaired) electrons. The topological polar surface area (TPSA) is 58.2 Å². The molecular formula is C15H12FIN2O2. The molecule has 2 amide bonds. The molecule has 0 saturated carbocycles. The van der Waals surface area contributed by atoms with Crippen molar-refractivity contribution in [3.05, 3.63) is 57.4 Å². The van der Waals surface area contributed by atoms with Crippen LogP contribution in [0, 0.1) is 9.39 Å². The molecule has 6 heteroatoms. The first-order chi connectivity index (χ1) is 9.95. The number of benzene rings is 2. The number of rotatable bonds is 3. The first kappa shape index (κ1) is 15.4. The van der Waals surface area contributed by atoms with Gasteiger partial charge in [-0.05, 0) is 59.8 Å². The van der Waals surface area contributed by atoms with E-state index in [1.165, 1.54) is 25.1 Å². The molecule has 0 fully saturated rings. The summed E-state index contributed by atoms with van der Waals surface area (Å²) < 4.78 is 13.6. The van der Waals surface area contributed by atoms with Gasteiger partial charge in [-0.15, -0.1) is 0 Å². The van der Waals surface area contributed by atoms with E-state index in [0.717, 1.165) is 0 Å². The number of halogens is 2. The maximum absolute atomic E-state index is 13.0. The molecule has 4 nitrogen and oxygen atoms in total. The summed E-state index contributed by atoms with van der Waals surface area (Å²) in [5, 5.41) is 5.25. The highest BCUT2D eigenvalue weighted by molar-refractivity contribution is 14.1. The minimum absolute atomic E-state index is 0.0767. The Hall–Kier alpha value is -1.96. The minimum atomic E-state index is -0.458. The van der Waals surface area contributed by atoms with Gasteiger partial charge >= 0.3 is 6.03 Å². The third kappa shape index (κ3) is 4.25. The molecule has 0 aromatic heterocycles. The summed E-state index contributed by atoms with van der Waals surface area (Å²) in [4.78, 5) is 23.2. The largest absolute Gasteiger partial charge is 0.323 e. The van der Waals surface area contributed by atoms with E-state index in [9.17, 15) is 14.0 Å². The number of urea groups is 1. The van der Waals surface area contributed by atoms with Crippen molar-refractivity contribution in [2.24, 2.45) is 0 Å². The SMILES string of the molecule is CC(=O)c1cccc(NC(=O)Nc2ccc(F)cc2I)c1. The van der Waals surface area contributed by atoms with Crippen LogP contribution in [0.25, 0.3) is 0 Å². The van der Waals surface area contributed by atoms with Crippen molar-refractivity contribution < 1.29 is 14.0 Å². The molecule has 0 bridgehead atoms. The highest BCUT2D eigenvalue weighted by Crippen LogP contribution is 2.19. The van der Waals surface area contributed by atoms with E-state index in [2.05, 4.69) is 10.6 Å². The lowest BCUT2D eigenvalue weighted by Crippen LogP contribution is -2.20. The van der Waals surface area contributed by atoms with Crippen LogP contribution < -0.4 is 10.6 Å². The number of amides is 2. The maximum atomic E-state index is 13.0. The van der Waals surface area contributed by atoms with E-state index in [1.54, 1.807) is 24.3 Å². The third-order valence-electron chi connectivity index (χ3n) is 2.71. The van der Waals surface area contributed by atoms with Crippen LogP contribution in [-0.4, -0.2) is 11.8 Å². The molecule has 0 heterocycles. The second-order valence-corrected chi connectivity index (χ2v) is 5.50. The smallest absolute Gasteiger partial charge is 0.308 e. The summed E-state index contributed by atoms with van der Waals surface area (Å²) in [5.74, 6) is -0.438. The van der Waals surface area contributed by atoms with Crippen molar-refractivity contribution in [3.8, 4) is 0 Å². The molecule has 0 atom stereocenters. The van der Waals surface area contributed by atoms with Crippen molar-refractivity contribution in [1.82, 2.24) is 0 Å². The summed E-state index contributed by atoms with van der Waals surface area (Å²) in [6.45, 7) is 1.46. The summed E-state index contributed by atoms with van der Waals surface area (Å²) in [6.07, 6.45) is 0. The number of Topliss-reactive ketones (excluding diaryl/α,β-unsaturated/α-hetero) is 1. The highest BCUT2D eigenvalue weighted by atomic mass is 127. The standard InChI is InChI=1S/C15H12FIN2O2/c1-9(20)10-3-2-4-12(7-10)18-15(21)19-14-6-5-11(16)8-13(14)17/h2-8H,1H3,(H2,18,19,21). The quantitative estimate of drug-likeness (QED) is 0.599. The lowest BCUT2D eigenvalue weighted by Gasteiger charge is -2.09. The molecular weight excluding hydrogens is 386 g/mol. The van der Waals surface area contributed by atoms with Crippen molar-refractivity contribution in [2.75, 3.05) is 10.6 Å². The first-order valence-electron chi connectivity index (χ1n) is 6.10. The normalized spacial score (nSPS) is 10.0. The van der Waals surface area contributed by atoms with Crippen molar-refractivity contribution in [1.29, 1.82) is 0 Å². The molecule has 0 aliphatic heterocycles. The molecule has 0 spiro atoms. The number of nitrogens with one attached hydrogen (secondary N) is 2. The average molecular weight is 398 g/mol. The Kier molecular flexibility index (Phi) is 4.89. The van der Waals surface area contributed by atoms with Gasteiger partial charge in [-0.2, -0.15) is 0 Å². The van der Waals surface area contributed by atoms with Crippen molar-refractivity contribution in [2.45, 2.75) is 6.92 Å². The Bertz CT molecular complexity index is 704. The van der Waals surface area contributed by atoms with Crippen LogP contribution in [0.3, 0.4) is 0 Å². The Morgan fingerprint density at radius 1 is 1.10 bits per heavy atom. The van der Waals surface area contributed by atoms with Crippen LogP contribution in [0.1, 0.15) is 17.3 Å². The average Bonchev–Trinajstić information content (AvgIpc) is 2.42. The van der Waals surface area contributed by atoms with Crippen LogP contribution in [0.5, 0.6) is 0 Å². The van der Waals surface area contributed by atoms with Crippen molar-refractivity contribution >= 4 is 45.8 Å². The number of hydrogen-bond acceptors (Lipinski definition) is 2. The van der Waals surface area contributed by atoms with E-state index in [1.807, 2.05) is 22.6 Å². The van der Waals surface area contributed by atoms with Gasteiger partial charge in [0.15, 0.2) is 5.78 Å². The van der Waals surface area contributed by atoms with Gasteiger partial charge < -0.3 is 10.6 Å². The lowest BCUT2D eigenvalue weighted by molar-refractivity contribution is 0.101. The Morgan fingerprint density at radius 3 is 2.52 bits per heavy atom. The summed E-state index contributed by atoms with van der Waals surface area (Å²) >= 11 is 1.94. The Morgan fingerprint density at radius 2 is 1.86 bits per heavy atom. The van der Waals surface area contributed by atoms with Gasteiger partial charge in [0, 0.05) is 14.8 Å². The molecule has 2 N–H and O–H groups in total. The summed E-state index contributed by atoms with van der Waals surface area (Å²) in [6, 6.07) is 10.3. The highest BCUT2D eigenvalue weighted by Gasteiger charge is 2.07. The first-order valence-corrected chi connectivity index (χ1v) is 7.17. The number of carbonyl (C=O) groups excluding carboxylic acids is 2. The van der Waals surface area contributed by atoms with E-state index in [4.69, 9.17) is 0 Å². The fourth-order valence-electron chi connectivity index (χ4n) is 1.69. The monoisotopic (exact) mass is 398 g/mol. The predicted octanol–water partition coefficient (Wildman–Crippen LogP) is 4.28. The zero-order chi connectivity index (χ0) is 15.4. The number of anilines is 2. The lowest BCUT2D eigenvalue weighted by atomic mass is 10.1. The van der Waals surface area contributed by atoms with Gasteiger partial charge in [0.25, 0.3) is 0 Å². The van der Waals surface area contributed by atoms with Crippen LogP contribution >= 0.6 is 22.6 Å². The van der Waals surface area contributed by atoms with E-state index in [0.29, 0.717) is 20.5 Å². The van der Waals surface area contributed by atoms with E-state index in [-0.39, 0.29) is 11.6 Å². The van der Waals surface area contributed by atoms with Gasteiger partial charge in [0.1, 0.15) is 5.82 Å². The van der Waals surface area contributed by atoms with Gasteiger partial charge in [-0.1, -0.05) is 12.1 Å². The fourth-order valence-corrected chi connectivity index (χ4v) is 2.30. The second-order valence-electron chi connectivity index (χ2n) is 4.34. The molecule has 21 heavy (non-hydrogen) atoms. The molecule has 2 rings (SSSR count).